The lowest BCUT2D eigenvalue weighted by molar-refractivity contribution is -0.00562. The maximum absolute atomic E-state index is 14.2. The van der Waals surface area contributed by atoms with Crippen molar-refractivity contribution in [3.63, 3.8) is 0 Å². The van der Waals surface area contributed by atoms with Crippen molar-refractivity contribution in [2.45, 2.75) is 119 Å². The van der Waals surface area contributed by atoms with Gasteiger partial charge in [0, 0.05) is 0 Å². The number of phosphoric ester groups is 1. The Morgan fingerprint density at radius 3 is 0.766 bits per heavy atom. The van der Waals surface area contributed by atoms with Crippen molar-refractivity contribution in [1.82, 2.24) is 0 Å². The molecule has 0 aliphatic carbocycles. The van der Waals surface area contributed by atoms with Crippen LogP contribution in [0.5, 0.6) is 17.2 Å². The molecule has 0 bridgehead atoms. The van der Waals surface area contributed by atoms with Gasteiger partial charge < -0.3 is 14.2 Å². The highest BCUT2D eigenvalue weighted by atomic mass is 31.2. The lowest BCUT2D eigenvalue weighted by Gasteiger charge is -2.24. The van der Waals surface area contributed by atoms with Crippen LogP contribution in [0.1, 0.15) is 152 Å². The monoisotopic (exact) mass is 668 g/mol. The number of hydrogen-bond donors (Lipinski definition) is 0. The zero-order valence-corrected chi connectivity index (χ0v) is 31.5. The molecule has 0 N–H and O–H groups in total. The van der Waals surface area contributed by atoms with Crippen molar-refractivity contribution in [3.8, 4) is 17.2 Å². The van der Waals surface area contributed by atoms with Gasteiger partial charge in [-0.3, -0.25) is 0 Å². The van der Waals surface area contributed by atoms with Crippen molar-refractivity contribution < 1.29 is 32.3 Å². The van der Waals surface area contributed by atoms with Crippen LogP contribution in [0.4, 0.5) is 0 Å². The Hall–Kier alpha value is -2.83. The molecule has 8 heteroatoms. The highest BCUT2D eigenvalue weighted by Crippen LogP contribution is 2.50. The molecule has 260 valence electrons. The summed E-state index contributed by atoms with van der Waals surface area (Å²) in [4.78, 5) is 0. The van der Waals surface area contributed by atoms with E-state index in [0.29, 0.717) is 0 Å². The van der Waals surface area contributed by atoms with Gasteiger partial charge in [-0.15, -0.1) is 0 Å². The van der Waals surface area contributed by atoms with Gasteiger partial charge in [0.25, 0.3) is 0 Å². The maximum Gasteiger partial charge on any atom is 0.483 e. The molecule has 0 fully saturated rings. The topological polar surface area (TPSA) is 72.5 Å². The third-order valence-electron chi connectivity index (χ3n) is 8.20. The molecular weight excluding hydrogens is 611 g/mol. The number of ether oxygens (including phenoxy) is 3. The summed E-state index contributed by atoms with van der Waals surface area (Å²) in [5.41, 5.74) is 6.26. The fourth-order valence-corrected chi connectivity index (χ4v) is 6.28. The summed E-state index contributed by atoms with van der Waals surface area (Å²) in [6.45, 7) is 24.3. The fourth-order valence-electron chi connectivity index (χ4n) is 5.51. The predicted octanol–water partition coefficient (Wildman–Crippen LogP) is 12.0. The van der Waals surface area contributed by atoms with Crippen LogP contribution >= 0.6 is 7.82 Å². The molecule has 7 nitrogen and oxygen atoms in total. The third kappa shape index (κ3) is 10.3. The summed E-state index contributed by atoms with van der Waals surface area (Å²) in [5.74, 6) is 3.47. The second-order valence-corrected chi connectivity index (χ2v) is 15.5. The summed E-state index contributed by atoms with van der Waals surface area (Å²) >= 11 is 0. The number of rotatable bonds is 18. The van der Waals surface area contributed by atoms with Crippen LogP contribution in [-0.2, 0) is 18.1 Å². The van der Waals surface area contributed by atoms with Gasteiger partial charge in [-0.1, -0.05) is 138 Å². The smallest absolute Gasteiger partial charge is 0.466 e. The van der Waals surface area contributed by atoms with Gasteiger partial charge in [-0.05, 0) is 68.9 Å². The largest absolute Gasteiger partial charge is 0.483 e. The van der Waals surface area contributed by atoms with E-state index in [0.717, 1.165) is 50.6 Å². The molecule has 0 atom stereocenters. The van der Waals surface area contributed by atoms with Crippen LogP contribution in [0.2, 0.25) is 0 Å². The van der Waals surface area contributed by atoms with Crippen LogP contribution in [-0.4, -0.2) is 20.4 Å². The predicted molar refractivity (Wildman–Crippen MR) is 191 cm³/mol. The molecule has 3 aromatic carbocycles. The van der Waals surface area contributed by atoms with Crippen LogP contribution < -0.4 is 14.2 Å². The van der Waals surface area contributed by atoms with Gasteiger partial charge in [-0.2, -0.15) is 0 Å². The van der Waals surface area contributed by atoms with Gasteiger partial charge >= 0.3 is 7.82 Å². The summed E-state index contributed by atoms with van der Waals surface area (Å²) in [7, 11) is -4.24. The molecule has 47 heavy (non-hydrogen) atoms. The van der Waals surface area contributed by atoms with E-state index in [4.69, 9.17) is 27.8 Å². The van der Waals surface area contributed by atoms with Crippen molar-refractivity contribution in [2.24, 2.45) is 0 Å². The number of para-hydroxylation sites is 3. The zero-order chi connectivity index (χ0) is 34.9. The lowest BCUT2D eigenvalue weighted by atomic mass is 9.94. The molecule has 0 amide bonds. The minimum absolute atomic E-state index is 0.220. The first kappa shape index (κ1) is 38.6. The minimum Gasteiger partial charge on any atom is -0.466 e. The number of hydrogen-bond acceptors (Lipinski definition) is 7. The summed E-state index contributed by atoms with van der Waals surface area (Å²) in [6.07, 6.45) is 0. The molecule has 0 heterocycles. The van der Waals surface area contributed by atoms with Gasteiger partial charge in [0.05, 0.1) is 0 Å². The van der Waals surface area contributed by atoms with E-state index >= 15 is 0 Å². The van der Waals surface area contributed by atoms with Gasteiger partial charge in [0.15, 0.2) is 20.4 Å². The molecule has 0 aliphatic heterocycles. The Labute approximate surface area is 283 Å². The van der Waals surface area contributed by atoms with Gasteiger partial charge in [0.2, 0.25) is 0 Å². The standard InChI is InChI=1S/C39H57O7P/c1-25(2)31-16-13-17-32(26(3)4)37(31)41-22-44-47(40,45-23-42-38-33(27(5)6)18-14-19-34(38)28(7)8)46-24-43-39-35(29(9)10)20-15-21-36(39)30(11)12/h13-21,25-30H,22-24H2,1-12H3. The van der Waals surface area contributed by atoms with Gasteiger partial charge in [0.1, 0.15) is 17.2 Å². The molecule has 0 saturated carbocycles. The van der Waals surface area contributed by atoms with E-state index in [-0.39, 0.29) is 55.9 Å². The molecule has 0 aromatic heterocycles. The quantitative estimate of drug-likeness (QED) is 0.0986. The average Bonchev–Trinajstić information content (AvgIpc) is 3.00. The lowest BCUT2D eigenvalue weighted by Crippen LogP contribution is -2.14. The average molecular weight is 669 g/mol. The Morgan fingerprint density at radius 1 is 0.404 bits per heavy atom. The van der Waals surface area contributed by atoms with E-state index in [9.17, 15) is 4.57 Å². The van der Waals surface area contributed by atoms with Crippen molar-refractivity contribution in [2.75, 3.05) is 20.4 Å². The summed E-state index contributed by atoms with van der Waals surface area (Å²) < 4.78 is 50.2. The van der Waals surface area contributed by atoms with Gasteiger partial charge in [-0.25, -0.2) is 18.1 Å². The fraction of sp³-hybridized carbons (Fsp3) is 0.538. The zero-order valence-electron chi connectivity index (χ0n) is 30.6. The Morgan fingerprint density at radius 2 is 0.596 bits per heavy atom. The summed E-state index contributed by atoms with van der Waals surface area (Å²) in [5, 5.41) is 0. The number of benzene rings is 3. The first-order chi connectivity index (χ1) is 22.2. The Kier molecular flexibility index (Phi) is 14.4. The molecule has 3 rings (SSSR count). The first-order valence-corrected chi connectivity index (χ1v) is 18.4. The molecule has 3 aromatic rings. The molecule has 0 spiro atoms. The van der Waals surface area contributed by atoms with Crippen molar-refractivity contribution >= 4 is 7.82 Å². The Bertz CT molecular complexity index is 1220. The maximum atomic E-state index is 14.2. The number of phosphoric acid groups is 1. The molecule has 0 radical (unpaired) electrons. The SMILES string of the molecule is CC(C)c1cccc(C(C)C)c1OCOP(=O)(OCOc1c(C(C)C)cccc1C(C)C)OCOc1c(C(C)C)cccc1C(C)C. The second kappa shape index (κ2) is 17.5. The van der Waals surface area contributed by atoms with E-state index in [1.807, 2.05) is 54.6 Å². The van der Waals surface area contributed by atoms with E-state index < -0.39 is 7.82 Å². The summed E-state index contributed by atoms with van der Waals surface area (Å²) in [6, 6.07) is 18.3. The van der Waals surface area contributed by atoms with Crippen LogP contribution in [0.3, 0.4) is 0 Å². The highest BCUT2D eigenvalue weighted by molar-refractivity contribution is 7.48. The highest BCUT2D eigenvalue weighted by Gasteiger charge is 2.30. The first-order valence-electron chi connectivity index (χ1n) is 17.0. The van der Waals surface area contributed by atoms with Crippen LogP contribution in [0.15, 0.2) is 54.6 Å². The van der Waals surface area contributed by atoms with Crippen LogP contribution in [0.25, 0.3) is 0 Å². The minimum atomic E-state index is -4.24. The van der Waals surface area contributed by atoms with Crippen molar-refractivity contribution in [3.05, 3.63) is 88.0 Å². The van der Waals surface area contributed by atoms with E-state index in [1.165, 1.54) is 0 Å². The normalized spacial score (nSPS) is 12.3. The third-order valence-corrected chi connectivity index (χ3v) is 9.47. The van der Waals surface area contributed by atoms with E-state index in [1.54, 1.807) is 0 Å². The van der Waals surface area contributed by atoms with Crippen molar-refractivity contribution in [1.29, 1.82) is 0 Å². The second-order valence-electron chi connectivity index (χ2n) is 13.8. The van der Waals surface area contributed by atoms with E-state index in [2.05, 4.69) is 83.1 Å². The molecule has 0 saturated heterocycles. The molecular formula is C39H57O7P. The van der Waals surface area contributed by atoms with Crippen LogP contribution in [0, 0.1) is 0 Å². The molecule has 0 aliphatic rings. The molecule has 0 unspecified atom stereocenters. The Balaban J connectivity index is 1.87.